The number of anilines is 2. The van der Waals surface area contributed by atoms with Gasteiger partial charge in [-0.25, -0.2) is 18.1 Å². The molecule has 2 heterocycles. The average molecular weight is 577 g/mol. The summed E-state index contributed by atoms with van der Waals surface area (Å²) in [5, 5.41) is 4.29. The molecule has 11 heteroatoms. The molecule has 0 radical (unpaired) electrons. The molecule has 41 heavy (non-hydrogen) atoms. The maximum atomic E-state index is 13.2. The first kappa shape index (κ1) is 29.7. The second-order valence-electron chi connectivity index (χ2n) is 10.6. The van der Waals surface area contributed by atoms with Crippen LogP contribution in [-0.4, -0.2) is 54.1 Å². The quantitative estimate of drug-likeness (QED) is 0.233. The number of sulfonamides is 1. The van der Waals surface area contributed by atoms with Crippen LogP contribution in [0.1, 0.15) is 41.8 Å². The number of carbonyl (C=O) groups excluding carboxylic acids is 1. The lowest BCUT2D eigenvalue weighted by Crippen LogP contribution is -2.37. The summed E-state index contributed by atoms with van der Waals surface area (Å²) in [4.78, 5) is 22.3. The number of nitrogens with zero attached hydrogens (tertiary/aromatic N) is 5. The number of rotatable bonds is 12. The van der Waals surface area contributed by atoms with Gasteiger partial charge in [-0.3, -0.25) is 9.48 Å². The number of hydrogen-bond donors (Lipinski definition) is 1. The van der Waals surface area contributed by atoms with E-state index in [1.165, 1.54) is 24.3 Å². The summed E-state index contributed by atoms with van der Waals surface area (Å²) < 4.78 is 37.0. The van der Waals surface area contributed by atoms with Gasteiger partial charge in [-0.05, 0) is 49.4 Å². The fourth-order valence-corrected chi connectivity index (χ4v) is 5.69. The predicted molar refractivity (Wildman–Crippen MR) is 160 cm³/mol. The number of benzene rings is 2. The first-order valence-electron chi connectivity index (χ1n) is 13.3. The molecule has 0 aliphatic carbocycles. The Morgan fingerprint density at radius 1 is 1.07 bits per heavy atom. The van der Waals surface area contributed by atoms with Crippen LogP contribution in [0.4, 0.5) is 11.6 Å². The summed E-state index contributed by atoms with van der Waals surface area (Å²) in [6.07, 6.45) is 5.21. The van der Waals surface area contributed by atoms with Crippen molar-refractivity contribution in [1.29, 1.82) is 0 Å². The summed E-state index contributed by atoms with van der Waals surface area (Å²) in [6.45, 7) is 8.56. The topological polar surface area (TPSA) is 119 Å². The Balaban J connectivity index is 1.70. The first-order chi connectivity index (χ1) is 19.5. The van der Waals surface area contributed by atoms with E-state index in [0.29, 0.717) is 24.5 Å². The van der Waals surface area contributed by atoms with E-state index in [4.69, 9.17) is 4.74 Å². The minimum atomic E-state index is -4.08. The van der Waals surface area contributed by atoms with E-state index in [-0.39, 0.29) is 28.3 Å². The second kappa shape index (κ2) is 12.5. The lowest BCUT2D eigenvalue weighted by atomic mass is 10.00. The van der Waals surface area contributed by atoms with Crippen molar-refractivity contribution in [2.45, 2.75) is 45.1 Å². The maximum absolute atomic E-state index is 13.2. The highest BCUT2D eigenvalue weighted by molar-refractivity contribution is 7.92. The lowest BCUT2D eigenvalue weighted by Gasteiger charge is -2.30. The Morgan fingerprint density at radius 3 is 2.41 bits per heavy atom. The Hall–Kier alpha value is -4.25. The zero-order valence-corrected chi connectivity index (χ0v) is 25.0. The molecule has 10 nitrogen and oxygen atoms in total. The first-order valence-corrected chi connectivity index (χ1v) is 14.8. The number of likely N-dealkylation sites (N-methyl/N-ethyl adjacent to an activating group) is 1. The van der Waals surface area contributed by atoms with Crippen molar-refractivity contribution in [3.05, 3.63) is 77.6 Å². The normalized spacial score (nSPS) is 12.3. The van der Waals surface area contributed by atoms with Crippen molar-refractivity contribution in [1.82, 2.24) is 19.7 Å². The molecule has 0 unspecified atom stereocenters. The average Bonchev–Trinajstić information content (AvgIpc) is 3.36. The number of hydrogen-bond acceptors (Lipinski definition) is 8. The van der Waals surface area contributed by atoms with Gasteiger partial charge in [-0.1, -0.05) is 44.2 Å². The molecule has 0 fully saturated rings. The van der Waals surface area contributed by atoms with Crippen molar-refractivity contribution in [3.63, 3.8) is 0 Å². The number of ether oxygens (including phenoxy) is 1. The fraction of sp³-hybridized carbons (Fsp3) is 0.333. The molecule has 0 aliphatic heterocycles. The van der Waals surface area contributed by atoms with Gasteiger partial charge in [0.05, 0.1) is 28.5 Å². The minimum absolute atomic E-state index is 0.00374. The minimum Gasteiger partial charge on any atom is -0.475 e. The van der Waals surface area contributed by atoms with Crippen LogP contribution in [0.5, 0.6) is 5.88 Å². The summed E-state index contributed by atoms with van der Waals surface area (Å²) in [6, 6.07) is 13.4. The molecule has 1 atom stereocenters. The zero-order chi connectivity index (χ0) is 29.7. The van der Waals surface area contributed by atoms with Crippen LogP contribution in [0.15, 0.2) is 65.8 Å². The van der Waals surface area contributed by atoms with Crippen LogP contribution in [-0.2, 0) is 17.1 Å². The molecule has 4 aromatic rings. The number of aryl methyl sites for hydroxylation is 3. The van der Waals surface area contributed by atoms with Gasteiger partial charge in [-0.2, -0.15) is 10.1 Å². The summed E-state index contributed by atoms with van der Waals surface area (Å²) in [5.74, 6) is 0.519. The molecule has 0 bridgehead atoms. The third-order valence-electron chi connectivity index (χ3n) is 6.78. The number of carbonyl (C=O) groups is 1. The van der Waals surface area contributed by atoms with E-state index in [1.54, 1.807) is 10.7 Å². The Bertz CT molecular complexity index is 1610. The third-order valence-corrected chi connectivity index (χ3v) is 8.11. The highest BCUT2D eigenvalue weighted by Gasteiger charge is 2.22. The van der Waals surface area contributed by atoms with Crippen LogP contribution in [0.2, 0.25) is 0 Å². The van der Waals surface area contributed by atoms with Crippen LogP contribution in [0.25, 0.3) is 11.3 Å². The van der Waals surface area contributed by atoms with Crippen LogP contribution in [0, 0.1) is 19.8 Å². The summed E-state index contributed by atoms with van der Waals surface area (Å²) in [5.41, 5.74) is 4.58. The fourth-order valence-electron chi connectivity index (χ4n) is 4.69. The Morgan fingerprint density at radius 2 is 1.78 bits per heavy atom. The van der Waals surface area contributed by atoms with Crippen LogP contribution >= 0.6 is 0 Å². The Labute approximate surface area is 241 Å². The molecule has 0 aliphatic rings. The van der Waals surface area contributed by atoms with Crippen molar-refractivity contribution < 1.29 is 17.9 Å². The van der Waals surface area contributed by atoms with Gasteiger partial charge in [0, 0.05) is 37.5 Å². The zero-order valence-electron chi connectivity index (χ0n) is 24.2. The maximum Gasteiger partial charge on any atom is 0.264 e. The van der Waals surface area contributed by atoms with Gasteiger partial charge in [0.15, 0.2) is 0 Å². The van der Waals surface area contributed by atoms with Gasteiger partial charge < -0.3 is 9.64 Å². The van der Waals surface area contributed by atoms with Crippen molar-refractivity contribution in [2.75, 3.05) is 23.3 Å². The van der Waals surface area contributed by atoms with Gasteiger partial charge in [-0.15, -0.1) is 0 Å². The molecular formula is C30H36N6O4S. The van der Waals surface area contributed by atoms with Crippen LogP contribution < -0.4 is 14.4 Å². The van der Waals surface area contributed by atoms with Gasteiger partial charge in [0.25, 0.3) is 10.0 Å². The number of aldehydes is 1. The van der Waals surface area contributed by atoms with Crippen molar-refractivity contribution in [3.8, 4) is 17.1 Å². The Kier molecular flexibility index (Phi) is 9.07. The van der Waals surface area contributed by atoms with Gasteiger partial charge in [0.1, 0.15) is 12.9 Å². The van der Waals surface area contributed by atoms with E-state index in [1.807, 2.05) is 58.5 Å². The molecule has 0 saturated carbocycles. The van der Waals surface area contributed by atoms with Crippen molar-refractivity contribution in [2.24, 2.45) is 13.0 Å². The summed E-state index contributed by atoms with van der Waals surface area (Å²) in [7, 11) is -0.207. The predicted octanol–water partition coefficient (Wildman–Crippen LogP) is 5.04. The summed E-state index contributed by atoms with van der Waals surface area (Å²) >= 11 is 0. The molecule has 0 spiro atoms. The third kappa shape index (κ3) is 7.29. The molecule has 216 valence electrons. The van der Waals surface area contributed by atoms with Crippen molar-refractivity contribution >= 4 is 27.9 Å². The van der Waals surface area contributed by atoms with E-state index in [0.717, 1.165) is 28.8 Å². The van der Waals surface area contributed by atoms with E-state index in [2.05, 4.69) is 38.5 Å². The van der Waals surface area contributed by atoms with Gasteiger partial charge >= 0.3 is 0 Å². The van der Waals surface area contributed by atoms with Crippen LogP contribution in [0.3, 0.4) is 0 Å². The number of nitrogens with one attached hydrogen (secondary N) is 1. The molecular weight excluding hydrogens is 540 g/mol. The monoisotopic (exact) mass is 576 g/mol. The smallest absolute Gasteiger partial charge is 0.264 e. The molecule has 2 aromatic carbocycles. The highest BCUT2D eigenvalue weighted by atomic mass is 32.2. The SMILES string of the molecule is Cc1cccc(C)c1-c1cc(OC[C@@H](CC(C)C)N(C)c2cnn(C)c2)nc(NS(=O)(=O)c2cccc(C=O)c2)n1. The number of aromatic nitrogens is 4. The van der Waals surface area contributed by atoms with E-state index >= 15 is 0 Å². The second-order valence-corrected chi connectivity index (χ2v) is 12.2. The molecule has 0 amide bonds. The largest absolute Gasteiger partial charge is 0.475 e. The molecule has 4 rings (SSSR count). The molecule has 2 aromatic heterocycles. The standard InChI is InChI=1S/C30H36N6O4S/c1-20(2)13-24(36(6)25-16-31-35(5)17-25)19-40-28-15-27(29-21(3)9-7-10-22(29)4)32-30(33-28)34-41(38,39)26-12-8-11-23(14-26)18-37/h7-12,14-18,20,24H,13,19H2,1-6H3,(H,32,33,34)/t24-/m1/s1. The lowest BCUT2D eigenvalue weighted by molar-refractivity contribution is 0.112. The van der Waals surface area contributed by atoms with E-state index in [9.17, 15) is 13.2 Å². The van der Waals surface area contributed by atoms with Gasteiger partial charge in [0.2, 0.25) is 11.8 Å². The van der Waals surface area contributed by atoms with E-state index < -0.39 is 10.0 Å². The molecule has 1 N–H and O–H groups in total. The highest BCUT2D eigenvalue weighted by Crippen LogP contribution is 2.30. The molecule has 0 saturated heterocycles.